The summed E-state index contributed by atoms with van der Waals surface area (Å²) in [7, 11) is 2.06. The van der Waals surface area contributed by atoms with E-state index >= 15 is 0 Å². The molecule has 2 heteroatoms. The van der Waals surface area contributed by atoms with Gasteiger partial charge in [-0.15, -0.1) is 6.58 Å². The van der Waals surface area contributed by atoms with Gasteiger partial charge in [0.1, 0.15) is 0 Å². The van der Waals surface area contributed by atoms with Crippen LogP contribution < -0.4 is 5.32 Å². The third-order valence-electron chi connectivity index (χ3n) is 3.58. The zero-order valence-corrected chi connectivity index (χ0v) is 10.9. The normalized spacial score (nSPS) is 18.8. The summed E-state index contributed by atoms with van der Waals surface area (Å²) in [6, 6.07) is 0. The van der Waals surface area contributed by atoms with Gasteiger partial charge in [0.15, 0.2) is 0 Å². The second-order valence-corrected chi connectivity index (χ2v) is 4.98. The van der Waals surface area contributed by atoms with E-state index in [-0.39, 0.29) is 0 Å². The average molecular weight is 224 g/mol. The Bertz CT molecular complexity index is 172. The van der Waals surface area contributed by atoms with Gasteiger partial charge >= 0.3 is 0 Å². The Hall–Kier alpha value is -0.340. The zero-order valence-electron chi connectivity index (χ0n) is 10.9. The summed E-state index contributed by atoms with van der Waals surface area (Å²) in [6.45, 7) is 8.89. The van der Waals surface area contributed by atoms with Gasteiger partial charge in [-0.05, 0) is 71.2 Å². The number of hydrogen-bond acceptors (Lipinski definition) is 2. The summed E-state index contributed by atoms with van der Waals surface area (Å²) in [5.41, 5.74) is 0. The van der Waals surface area contributed by atoms with Crippen LogP contribution in [0.5, 0.6) is 0 Å². The molecule has 2 nitrogen and oxygen atoms in total. The van der Waals surface area contributed by atoms with Crippen LogP contribution in [-0.4, -0.2) is 38.1 Å². The quantitative estimate of drug-likeness (QED) is 0.504. The summed E-state index contributed by atoms with van der Waals surface area (Å²) in [5, 5.41) is 3.29. The number of likely N-dealkylation sites (tertiary alicyclic amines) is 1. The highest BCUT2D eigenvalue weighted by Crippen LogP contribution is 2.16. The van der Waals surface area contributed by atoms with E-state index in [1.165, 1.54) is 64.7 Å². The van der Waals surface area contributed by atoms with Gasteiger partial charge in [0.25, 0.3) is 0 Å². The first-order valence-corrected chi connectivity index (χ1v) is 6.84. The van der Waals surface area contributed by atoms with Crippen LogP contribution in [0.1, 0.15) is 38.5 Å². The Labute approximate surface area is 101 Å². The summed E-state index contributed by atoms with van der Waals surface area (Å²) in [4.78, 5) is 2.64. The molecule has 0 saturated carbocycles. The van der Waals surface area contributed by atoms with E-state index < -0.39 is 0 Å². The molecular formula is C14H28N2. The van der Waals surface area contributed by atoms with Crippen LogP contribution in [0.4, 0.5) is 0 Å². The standard InChI is InChI=1S/C14H28N2/c1-3-4-5-6-7-10-16-11-8-14(9-12-16)13-15-2/h3,14-15H,1,4-13H2,2H3. The van der Waals surface area contributed by atoms with Crippen LogP contribution in [0.15, 0.2) is 12.7 Å². The number of hydrogen-bond donors (Lipinski definition) is 1. The maximum absolute atomic E-state index is 3.76. The van der Waals surface area contributed by atoms with Crippen LogP contribution in [0, 0.1) is 5.92 Å². The summed E-state index contributed by atoms with van der Waals surface area (Å²) in [5.74, 6) is 0.919. The van der Waals surface area contributed by atoms with Gasteiger partial charge in [-0.1, -0.05) is 12.5 Å². The lowest BCUT2D eigenvalue weighted by Gasteiger charge is -2.31. The van der Waals surface area contributed by atoms with E-state index in [0.717, 1.165) is 5.92 Å². The monoisotopic (exact) mass is 224 g/mol. The topological polar surface area (TPSA) is 15.3 Å². The molecule has 16 heavy (non-hydrogen) atoms. The first kappa shape index (κ1) is 13.7. The largest absolute Gasteiger partial charge is 0.319 e. The smallest absolute Gasteiger partial charge is 0.00156 e. The van der Waals surface area contributed by atoms with Crippen LogP contribution in [0.25, 0.3) is 0 Å². The molecule has 0 bridgehead atoms. The minimum Gasteiger partial charge on any atom is -0.319 e. The molecule has 0 aliphatic carbocycles. The van der Waals surface area contributed by atoms with Crippen molar-refractivity contribution in [1.29, 1.82) is 0 Å². The van der Waals surface area contributed by atoms with Crippen LogP contribution in [-0.2, 0) is 0 Å². The summed E-state index contributed by atoms with van der Waals surface area (Å²) >= 11 is 0. The molecule has 1 N–H and O–H groups in total. The molecule has 0 aromatic heterocycles. The number of rotatable bonds is 8. The average Bonchev–Trinajstić information content (AvgIpc) is 2.31. The molecular weight excluding hydrogens is 196 g/mol. The van der Waals surface area contributed by atoms with Crippen molar-refractivity contribution in [3.63, 3.8) is 0 Å². The molecule has 1 aliphatic rings. The fourth-order valence-electron chi connectivity index (χ4n) is 2.50. The van der Waals surface area contributed by atoms with Gasteiger partial charge in [0.05, 0.1) is 0 Å². The SMILES string of the molecule is C=CCCCCCN1CCC(CNC)CC1. The fourth-order valence-corrected chi connectivity index (χ4v) is 2.50. The van der Waals surface area contributed by atoms with E-state index in [1.54, 1.807) is 0 Å². The molecule has 0 atom stereocenters. The van der Waals surface area contributed by atoms with Crippen molar-refractivity contribution in [1.82, 2.24) is 10.2 Å². The molecule has 1 saturated heterocycles. The molecule has 94 valence electrons. The Morgan fingerprint density at radius 3 is 2.62 bits per heavy atom. The van der Waals surface area contributed by atoms with Crippen molar-refractivity contribution in [2.45, 2.75) is 38.5 Å². The van der Waals surface area contributed by atoms with Crippen LogP contribution >= 0.6 is 0 Å². The molecule has 0 unspecified atom stereocenters. The molecule has 0 radical (unpaired) electrons. The van der Waals surface area contributed by atoms with E-state index in [0.29, 0.717) is 0 Å². The predicted molar refractivity (Wildman–Crippen MR) is 71.8 cm³/mol. The first-order chi connectivity index (χ1) is 7.86. The minimum atomic E-state index is 0.919. The number of unbranched alkanes of at least 4 members (excludes halogenated alkanes) is 3. The van der Waals surface area contributed by atoms with Crippen molar-refractivity contribution in [3.05, 3.63) is 12.7 Å². The van der Waals surface area contributed by atoms with Gasteiger partial charge in [0, 0.05) is 0 Å². The third kappa shape index (κ3) is 5.66. The molecule has 1 rings (SSSR count). The number of nitrogens with zero attached hydrogens (tertiary/aromatic N) is 1. The highest BCUT2D eigenvalue weighted by Gasteiger charge is 2.17. The lowest BCUT2D eigenvalue weighted by atomic mass is 9.96. The van der Waals surface area contributed by atoms with Crippen LogP contribution in [0.2, 0.25) is 0 Å². The minimum absolute atomic E-state index is 0.919. The molecule has 1 fully saturated rings. The highest BCUT2D eigenvalue weighted by molar-refractivity contribution is 4.73. The van der Waals surface area contributed by atoms with Crippen molar-refractivity contribution in [2.24, 2.45) is 5.92 Å². The van der Waals surface area contributed by atoms with Gasteiger partial charge in [0.2, 0.25) is 0 Å². The molecule has 1 aliphatic heterocycles. The van der Waals surface area contributed by atoms with E-state index in [9.17, 15) is 0 Å². The predicted octanol–water partition coefficient (Wildman–Crippen LogP) is 2.66. The van der Waals surface area contributed by atoms with Crippen molar-refractivity contribution < 1.29 is 0 Å². The summed E-state index contributed by atoms with van der Waals surface area (Å²) in [6.07, 6.45) is 10.0. The Morgan fingerprint density at radius 1 is 1.25 bits per heavy atom. The van der Waals surface area contributed by atoms with Gasteiger partial charge in [-0.2, -0.15) is 0 Å². The molecule has 0 aromatic rings. The lowest BCUT2D eigenvalue weighted by Crippen LogP contribution is -2.37. The van der Waals surface area contributed by atoms with Crippen molar-refractivity contribution >= 4 is 0 Å². The summed E-state index contributed by atoms with van der Waals surface area (Å²) < 4.78 is 0. The maximum atomic E-state index is 3.76. The number of nitrogens with one attached hydrogen (secondary N) is 1. The van der Waals surface area contributed by atoms with Crippen molar-refractivity contribution in [3.8, 4) is 0 Å². The van der Waals surface area contributed by atoms with E-state index in [1.807, 2.05) is 6.08 Å². The van der Waals surface area contributed by atoms with E-state index in [2.05, 4.69) is 23.8 Å². The first-order valence-electron chi connectivity index (χ1n) is 6.84. The van der Waals surface area contributed by atoms with Crippen LogP contribution in [0.3, 0.4) is 0 Å². The molecule has 0 aromatic carbocycles. The van der Waals surface area contributed by atoms with Crippen molar-refractivity contribution in [2.75, 3.05) is 33.2 Å². The van der Waals surface area contributed by atoms with Gasteiger partial charge in [-0.25, -0.2) is 0 Å². The Kier molecular flexibility index (Phi) is 7.52. The van der Waals surface area contributed by atoms with Gasteiger partial charge in [-0.3, -0.25) is 0 Å². The fraction of sp³-hybridized carbons (Fsp3) is 0.857. The Morgan fingerprint density at radius 2 is 2.00 bits per heavy atom. The van der Waals surface area contributed by atoms with Gasteiger partial charge < -0.3 is 10.2 Å². The second-order valence-electron chi connectivity index (χ2n) is 4.98. The maximum Gasteiger partial charge on any atom is -0.00156 e. The molecule has 1 heterocycles. The zero-order chi connectivity index (χ0) is 11.6. The third-order valence-corrected chi connectivity index (χ3v) is 3.58. The number of allylic oxidation sites excluding steroid dienone is 1. The molecule has 0 amide bonds. The number of piperidine rings is 1. The lowest BCUT2D eigenvalue weighted by molar-refractivity contribution is 0.181. The Balaban J connectivity index is 1.97. The molecule has 0 spiro atoms. The second kappa shape index (κ2) is 8.77. The highest BCUT2D eigenvalue weighted by atomic mass is 15.1. The van der Waals surface area contributed by atoms with E-state index in [4.69, 9.17) is 0 Å².